The summed E-state index contributed by atoms with van der Waals surface area (Å²) in [4.78, 5) is 11.6. The number of ketones is 1. The highest BCUT2D eigenvalue weighted by molar-refractivity contribution is 5.88. The molecular weight excluding hydrogens is 152 g/mol. The third-order valence-corrected chi connectivity index (χ3v) is 3.10. The fourth-order valence-corrected chi connectivity index (χ4v) is 2.33. The molecule has 68 valence electrons. The van der Waals surface area contributed by atoms with E-state index in [1.807, 2.05) is 0 Å². The fourth-order valence-electron chi connectivity index (χ4n) is 2.33. The molecule has 0 amide bonds. The van der Waals surface area contributed by atoms with Crippen molar-refractivity contribution in [2.45, 2.75) is 50.5 Å². The molecule has 0 radical (unpaired) electrons. The largest absolute Gasteiger partial charge is 0.367 e. The molecule has 1 spiro atoms. The first-order valence-corrected chi connectivity index (χ1v) is 5.01. The lowest BCUT2D eigenvalue weighted by atomic mass is 9.79. The average Bonchev–Trinajstić information content (AvgIpc) is 2.12. The molecular formula is C10H16O2. The van der Waals surface area contributed by atoms with Gasteiger partial charge in [0, 0.05) is 13.0 Å². The van der Waals surface area contributed by atoms with Crippen molar-refractivity contribution in [3.63, 3.8) is 0 Å². The quantitative estimate of drug-likeness (QED) is 0.553. The summed E-state index contributed by atoms with van der Waals surface area (Å²) in [5.74, 6) is 0.369. The summed E-state index contributed by atoms with van der Waals surface area (Å²) in [7, 11) is 0. The molecule has 1 aliphatic heterocycles. The molecule has 2 heteroatoms. The molecule has 1 aliphatic carbocycles. The standard InChI is InChI=1S/C10H16O2/c11-9-5-1-2-6-10(9)7-3-4-8-12-10/h1-8H2. The zero-order chi connectivity index (χ0) is 8.44. The minimum atomic E-state index is -0.323. The van der Waals surface area contributed by atoms with Crippen molar-refractivity contribution in [3.8, 4) is 0 Å². The molecule has 0 bridgehead atoms. The first-order chi connectivity index (χ1) is 5.83. The van der Waals surface area contributed by atoms with E-state index in [-0.39, 0.29) is 5.60 Å². The average molecular weight is 168 g/mol. The lowest BCUT2D eigenvalue weighted by Crippen LogP contribution is -2.46. The third-order valence-electron chi connectivity index (χ3n) is 3.10. The lowest BCUT2D eigenvalue weighted by molar-refractivity contribution is -0.156. The van der Waals surface area contributed by atoms with Crippen LogP contribution in [0.25, 0.3) is 0 Å². The van der Waals surface area contributed by atoms with Crippen LogP contribution in [-0.2, 0) is 9.53 Å². The second-order valence-corrected chi connectivity index (χ2v) is 3.93. The number of rotatable bonds is 0. The second-order valence-electron chi connectivity index (χ2n) is 3.93. The summed E-state index contributed by atoms with van der Waals surface area (Å²) in [5.41, 5.74) is -0.323. The van der Waals surface area contributed by atoms with Gasteiger partial charge in [-0.1, -0.05) is 0 Å². The minimum Gasteiger partial charge on any atom is -0.367 e. The maximum Gasteiger partial charge on any atom is 0.164 e. The van der Waals surface area contributed by atoms with E-state index in [9.17, 15) is 4.79 Å². The van der Waals surface area contributed by atoms with Crippen molar-refractivity contribution in [3.05, 3.63) is 0 Å². The van der Waals surface area contributed by atoms with E-state index in [2.05, 4.69) is 0 Å². The van der Waals surface area contributed by atoms with E-state index in [0.717, 1.165) is 38.7 Å². The normalized spacial score (nSPS) is 37.2. The van der Waals surface area contributed by atoms with Crippen LogP contribution in [-0.4, -0.2) is 18.0 Å². The lowest BCUT2D eigenvalue weighted by Gasteiger charge is -2.38. The molecule has 2 rings (SSSR count). The van der Waals surface area contributed by atoms with Crippen molar-refractivity contribution >= 4 is 5.78 Å². The van der Waals surface area contributed by atoms with Gasteiger partial charge in [-0.25, -0.2) is 0 Å². The van der Waals surface area contributed by atoms with E-state index >= 15 is 0 Å². The molecule has 2 aliphatic rings. The summed E-state index contributed by atoms with van der Waals surface area (Å²) in [6.07, 6.45) is 7.26. The van der Waals surface area contributed by atoms with Crippen LogP contribution in [0.2, 0.25) is 0 Å². The molecule has 1 heterocycles. The number of carbonyl (C=O) groups is 1. The van der Waals surface area contributed by atoms with Crippen LogP contribution in [0.5, 0.6) is 0 Å². The Hall–Kier alpha value is -0.370. The van der Waals surface area contributed by atoms with Gasteiger partial charge in [-0.15, -0.1) is 0 Å². The third kappa shape index (κ3) is 1.28. The first kappa shape index (κ1) is 8.24. The number of Topliss-reactive ketones (excluding diaryl/α,β-unsaturated/α-hetero) is 1. The van der Waals surface area contributed by atoms with Gasteiger partial charge in [0.15, 0.2) is 5.78 Å². The van der Waals surface area contributed by atoms with Crippen LogP contribution < -0.4 is 0 Å². The van der Waals surface area contributed by atoms with Gasteiger partial charge in [-0.2, -0.15) is 0 Å². The van der Waals surface area contributed by atoms with E-state index < -0.39 is 0 Å². The predicted molar refractivity (Wildman–Crippen MR) is 46.0 cm³/mol. The van der Waals surface area contributed by atoms with Gasteiger partial charge in [0.2, 0.25) is 0 Å². The van der Waals surface area contributed by atoms with E-state index in [0.29, 0.717) is 5.78 Å². The maximum atomic E-state index is 11.6. The molecule has 1 saturated carbocycles. The van der Waals surface area contributed by atoms with Gasteiger partial charge in [-0.05, 0) is 38.5 Å². The van der Waals surface area contributed by atoms with Crippen molar-refractivity contribution in [1.29, 1.82) is 0 Å². The van der Waals surface area contributed by atoms with Crippen molar-refractivity contribution in [2.24, 2.45) is 0 Å². The van der Waals surface area contributed by atoms with Crippen LogP contribution >= 0.6 is 0 Å². The van der Waals surface area contributed by atoms with Gasteiger partial charge in [-0.3, -0.25) is 4.79 Å². The molecule has 0 N–H and O–H groups in total. The second kappa shape index (κ2) is 3.17. The van der Waals surface area contributed by atoms with Crippen molar-refractivity contribution < 1.29 is 9.53 Å². The van der Waals surface area contributed by atoms with Crippen LogP contribution in [0, 0.1) is 0 Å². The zero-order valence-electron chi connectivity index (χ0n) is 7.47. The van der Waals surface area contributed by atoms with Crippen LogP contribution in [0.1, 0.15) is 44.9 Å². The number of hydrogen-bond acceptors (Lipinski definition) is 2. The number of hydrogen-bond donors (Lipinski definition) is 0. The van der Waals surface area contributed by atoms with Crippen LogP contribution in [0.3, 0.4) is 0 Å². The number of carbonyl (C=O) groups excluding carboxylic acids is 1. The van der Waals surface area contributed by atoms with Crippen LogP contribution in [0.4, 0.5) is 0 Å². The Labute approximate surface area is 73.3 Å². The van der Waals surface area contributed by atoms with E-state index in [1.54, 1.807) is 0 Å². The Bertz CT molecular complexity index is 172. The smallest absolute Gasteiger partial charge is 0.164 e. The highest BCUT2D eigenvalue weighted by atomic mass is 16.5. The monoisotopic (exact) mass is 168 g/mol. The maximum absolute atomic E-state index is 11.6. The van der Waals surface area contributed by atoms with Gasteiger partial charge in [0.25, 0.3) is 0 Å². The minimum absolute atomic E-state index is 0.323. The van der Waals surface area contributed by atoms with Crippen molar-refractivity contribution in [2.75, 3.05) is 6.61 Å². The Kier molecular flexibility index (Phi) is 2.18. The van der Waals surface area contributed by atoms with Gasteiger partial charge >= 0.3 is 0 Å². The summed E-state index contributed by atoms with van der Waals surface area (Å²) in [6, 6.07) is 0. The molecule has 0 aromatic carbocycles. The molecule has 2 nitrogen and oxygen atoms in total. The van der Waals surface area contributed by atoms with E-state index in [1.165, 1.54) is 12.8 Å². The Morgan fingerprint density at radius 3 is 2.50 bits per heavy atom. The molecule has 1 atom stereocenters. The summed E-state index contributed by atoms with van der Waals surface area (Å²) < 4.78 is 5.67. The molecule has 2 fully saturated rings. The topological polar surface area (TPSA) is 26.3 Å². The number of ether oxygens (including phenoxy) is 1. The fraction of sp³-hybridized carbons (Fsp3) is 0.900. The molecule has 1 unspecified atom stereocenters. The SMILES string of the molecule is O=C1CCCCC12CCCCO2. The van der Waals surface area contributed by atoms with Crippen molar-refractivity contribution in [1.82, 2.24) is 0 Å². The summed E-state index contributed by atoms with van der Waals surface area (Å²) in [5, 5.41) is 0. The zero-order valence-corrected chi connectivity index (χ0v) is 7.47. The molecule has 0 aromatic rings. The van der Waals surface area contributed by atoms with E-state index in [4.69, 9.17) is 4.74 Å². The highest BCUT2D eigenvalue weighted by Gasteiger charge is 2.41. The predicted octanol–water partition coefficient (Wildman–Crippen LogP) is 2.07. The van der Waals surface area contributed by atoms with Gasteiger partial charge in [0.1, 0.15) is 5.60 Å². The molecule has 12 heavy (non-hydrogen) atoms. The summed E-state index contributed by atoms with van der Waals surface area (Å²) >= 11 is 0. The molecule has 1 saturated heterocycles. The van der Waals surface area contributed by atoms with Crippen LogP contribution in [0.15, 0.2) is 0 Å². The Morgan fingerprint density at radius 1 is 1.08 bits per heavy atom. The Morgan fingerprint density at radius 2 is 1.83 bits per heavy atom. The first-order valence-electron chi connectivity index (χ1n) is 5.01. The Balaban J connectivity index is 2.09. The van der Waals surface area contributed by atoms with Gasteiger partial charge in [0.05, 0.1) is 0 Å². The molecule has 0 aromatic heterocycles. The summed E-state index contributed by atoms with van der Waals surface area (Å²) in [6.45, 7) is 0.797. The van der Waals surface area contributed by atoms with Gasteiger partial charge < -0.3 is 4.74 Å². The highest BCUT2D eigenvalue weighted by Crippen LogP contribution is 2.35.